The lowest BCUT2D eigenvalue weighted by Crippen LogP contribution is -2.11. The van der Waals surface area contributed by atoms with Crippen LogP contribution in [-0.2, 0) is 4.79 Å². The average molecular weight is 381 g/mol. The highest BCUT2D eigenvalue weighted by Crippen LogP contribution is 2.26. The molecule has 0 saturated heterocycles. The zero-order valence-corrected chi connectivity index (χ0v) is 16.0. The second kappa shape index (κ2) is 7.96. The van der Waals surface area contributed by atoms with E-state index in [9.17, 15) is 9.59 Å². The van der Waals surface area contributed by atoms with Gasteiger partial charge in [-0.15, -0.1) is 0 Å². The van der Waals surface area contributed by atoms with Crippen molar-refractivity contribution < 1.29 is 9.59 Å². The summed E-state index contributed by atoms with van der Waals surface area (Å²) in [4.78, 5) is 32.8. The van der Waals surface area contributed by atoms with Gasteiger partial charge in [-0.2, -0.15) is 0 Å². The minimum absolute atomic E-state index is 0.143. The molecule has 2 aromatic heterocycles. The molecule has 1 aromatic carbocycles. The van der Waals surface area contributed by atoms with Crippen molar-refractivity contribution in [3.05, 3.63) is 58.7 Å². The van der Waals surface area contributed by atoms with Gasteiger partial charge in [-0.3, -0.25) is 9.59 Å². The van der Waals surface area contributed by atoms with Crippen LogP contribution < -0.4 is 16.0 Å². The van der Waals surface area contributed by atoms with Crippen molar-refractivity contribution in [2.45, 2.75) is 20.8 Å². The Morgan fingerprint density at radius 3 is 2.30 bits per heavy atom. The monoisotopic (exact) mass is 381 g/mol. The fourth-order valence-electron chi connectivity index (χ4n) is 2.40. The Kier molecular flexibility index (Phi) is 5.46. The summed E-state index contributed by atoms with van der Waals surface area (Å²) in [6.45, 7) is 5.22. The van der Waals surface area contributed by atoms with E-state index >= 15 is 0 Å². The van der Waals surface area contributed by atoms with Gasteiger partial charge in [-0.25, -0.2) is 9.97 Å². The molecule has 0 bridgehead atoms. The fraction of sp³-hybridized carbons (Fsp3) is 0.158. The molecule has 27 heavy (non-hydrogen) atoms. The van der Waals surface area contributed by atoms with E-state index in [-0.39, 0.29) is 11.8 Å². The van der Waals surface area contributed by atoms with Crippen LogP contribution in [0.4, 0.5) is 22.3 Å². The number of thiazole rings is 1. The number of carbonyl (C=O) groups excluding carboxylic acids is 2. The lowest BCUT2D eigenvalue weighted by atomic mass is 10.2. The normalized spacial score (nSPS) is 10.3. The Balaban J connectivity index is 1.69. The highest BCUT2D eigenvalue weighted by Gasteiger charge is 2.16. The first-order chi connectivity index (χ1) is 12.9. The molecule has 0 aliphatic carbocycles. The molecule has 0 atom stereocenters. The van der Waals surface area contributed by atoms with Gasteiger partial charge in [0.05, 0.1) is 5.69 Å². The van der Waals surface area contributed by atoms with Crippen LogP contribution in [0.3, 0.4) is 0 Å². The van der Waals surface area contributed by atoms with Crippen molar-refractivity contribution in [2.24, 2.45) is 0 Å². The minimum Gasteiger partial charge on any atom is -0.326 e. The first kappa shape index (κ1) is 18.5. The molecule has 8 heteroatoms. The van der Waals surface area contributed by atoms with Crippen molar-refractivity contribution in [3.63, 3.8) is 0 Å². The molecule has 138 valence electrons. The van der Waals surface area contributed by atoms with Crippen LogP contribution in [0.2, 0.25) is 0 Å². The number of aryl methyl sites for hydroxylation is 2. The number of rotatable bonds is 5. The van der Waals surface area contributed by atoms with Crippen LogP contribution in [0, 0.1) is 13.8 Å². The number of hydrogen-bond acceptors (Lipinski definition) is 6. The Morgan fingerprint density at radius 1 is 1.00 bits per heavy atom. The molecular weight excluding hydrogens is 362 g/mol. The van der Waals surface area contributed by atoms with Crippen LogP contribution in [0.1, 0.15) is 27.9 Å². The van der Waals surface area contributed by atoms with Gasteiger partial charge < -0.3 is 16.0 Å². The summed E-state index contributed by atoms with van der Waals surface area (Å²) in [5.41, 5.74) is 3.03. The molecule has 2 amide bonds. The van der Waals surface area contributed by atoms with Gasteiger partial charge in [-0.05, 0) is 55.8 Å². The molecule has 0 spiro atoms. The number of benzene rings is 1. The Hall–Kier alpha value is -3.26. The van der Waals surface area contributed by atoms with Gasteiger partial charge in [0.2, 0.25) is 5.91 Å². The maximum Gasteiger partial charge on any atom is 0.267 e. The summed E-state index contributed by atoms with van der Waals surface area (Å²) in [5.74, 6) is 0.307. The van der Waals surface area contributed by atoms with Crippen LogP contribution in [0.15, 0.2) is 42.6 Å². The zero-order valence-electron chi connectivity index (χ0n) is 15.2. The lowest BCUT2D eigenvalue weighted by molar-refractivity contribution is -0.114. The topological polar surface area (TPSA) is 96.0 Å². The lowest BCUT2D eigenvalue weighted by Gasteiger charge is -2.06. The van der Waals surface area contributed by atoms with Gasteiger partial charge in [-0.1, -0.05) is 11.3 Å². The summed E-state index contributed by atoms with van der Waals surface area (Å²) in [5, 5.41) is 9.26. The third-order valence-corrected chi connectivity index (χ3v) is 4.69. The van der Waals surface area contributed by atoms with E-state index in [0.29, 0.717) is 32.9 Å². The molecule has 0 saturated carbocycles. The number of hydrogen-bond donors (Lipinski definition) is 3. The van der Waals surface area contributed by atoms with Gasteiger partial charge in [0.25, 0.3) is 5.91 Å². The van der Waals surface area contributed by atoms with Crippen molar-refractivity contribution in [2.75, 3.05) is 16.0 Å². The molecular formula is C19H19N5O2S. The molecule has 0 aliphatic heterocycles. The molecule has 7 nitrogen and oxygen atoms in total. The predicted molar refractivity (Wildman–Crippen MR) is 108 cm³/mol. The van der Waals surface area contributed by atoms with Crippen molar-refractivity contribution in [1.82, 2.24) is 9.97 Å². The van der Waals surface area contributed by atoms with Crippen molar-refractivity contribution in [1.29, 1.82) is 0 Å². The predicted octanol–water partition coefficient (Wildman–Crippen LogP) is 4.11. The SMILES string of the molecule is CC(=O)Nc1ccc(NC(=O)c2sc(Nc3cc(C)ccn3)nc2C)cc1. The van der Waals surface area contributed by atoms with E-state index in [1.807, 2.05) is 19.1 Å². The van der Waals surface area contributed by atoms with E-state index in [1.54, 1.807) is 37.4 Å². The summed E-state index contributed by atoms with van der Waals surface area (Å²) in [6.07, 6.45) is 1.72. The second-order valence-corrected chi connectivity index (χ2v) is 6.99. The minimum atomic E-state index is -0.234. The molecule has 2 heterocycles. The number of pyridine rings is 1. The molecule has 3 aromatic rings. The third kappa shape index (κ3) is 4.89. The fourth-order valence-corrected chi connectivity index (χ4v) is 3.27. The maximum absolute atomic E-state index is 12.6. The van der Waals surface area contributed by atoms with Crippen LogP contribution in [0.5, 0.6) is 0 Å². The summed E-state index contributed by atoms with van der Waals surface area (Å²) < 4.78 is 0. The Bertz CT molecular complexity index is 982. The molecule has 3 N–H and O–H groups in total. The van der Waals surface area contributed by atoms with Gasteiger partial charge in [0.1, 0.15) is 10.7 Å². The van der Waals surface area contributed by atoms with E-state index in [2.05, 4.69) is 25.9 Å². The number of anilines is 4. The first-order valence-corrected chi connectivity index (χ1v) is 9.08. The van der Waals surface area contributed by atoms with Crippen molar-refractivity contribution >= 4 is 45.5 Å². The Morgan fingerprint density at radius 2 is 1.67 bits per heavy atom. The van der Waals surface area contributed by atoms with E-state index in [4.69, 9.17) is 0 Å². The number of carbonyl (C=O) groups is 2. The molecule has 0 fully saturated rings. The van der Waals surface area contributed by atoms with Gasteiger partial charge >= 0.3 is 0 Å². The number of nitrogens with zero attached hydrogens (tertiary/aromatic N) is 2. The highest BCUT2D eigenvalue weighted by molar-refractivity contribution is 7.17. The van der Waals surface area contributed by atoms with E-state index in [0.717, 1.165) is 5.56 Å². The van der Waals surface area contributed by atoms with E-state index < -0.39 is 0 Å². The third-order valence-electron chi connectivity index (χ3n) is 3.62. The average Bonchev–Trinajstić information content (AvgIpc) is 2.96. The number of aromatic nitrogens is 2. The van der Waals surface area contributed by atoms with Crippen LogP contribution in [0.25, 0.3) is 0 Å². The molecule has 0 unspecified atom stereocenters. The summed E-state index contributed by atoms with van der Waals surface area (Å²) in [6, 6.07) is 10.7. The summed E-state index contributed by atoms with van der Waals surface area (Å²) in [7, 11) is 0. The van der Waals surface area contributed by atoms with E-state index in [1.165, 1.54) is 18.3 Å². The first-order valence-electron chi connectivity index (χ1n) is 8.27. The molecule has 0 aliphatic rings. The largest absolute Gasteiger partial charge is 0.326 e. The number of amides is 2. The maximum atomic E-state index is 12.6. The van der Waals surface area contributed by atoms with Gasteiger partial charge in [0.15, 0.2) is 5.13 Å². The van der Waals surface area contributed by atoms with Crippen molar-refractivity contribution in [3.8, 4) is 0 Å². The van der Waals surface area contributed by atoms with Crippen LogP contribution in [-0.4, -0.2) is 21.8 Å². The molecule has 0 radical (unpaired) electrons. The quantitative estimate of drug-likeness (QED) is 0.618. The smallest absolute Gasteiger partial charge is 0.267 e. The Labute approximate surface area is 160 Å². The summed E-state index contributed by atoms with van der Waals surface area (Å²) >= 11 is 1.27. The molecule has 3 rings (SSSR count). The highest BCUT2D eigenvalue weighted by atomic mass is 32.1. The van der Waals surface area contributed by atoms with Crippen LogP contribution >= 0.6 is 11.3 Å². The number of nitrogens with one attached hydrogen (secondary N) is 3. The van der Waals surface area contributed by atoms with Gasteiger partial charge in [0, 0.05) is 24.5 Å². The zero-order chi connectivity index (χ0) is 19.4. The second-order valence-electron chi connectivity index (χ2n) is 5.99. The standard InChI is InChI=1S/C19H19N5O2S/c1-11-8-9-20-16(10-11)24-19-21-12(2)17(27-19)18(26)23-15-6-4-14(5-7-15)22-13(3)25/h4-10H,1-3H3,(H,22,25)(H,23,26)(H,20,21,24).